The maximum Gasteiger partial charge on any atom is 0.136 e. The van der Waals surface area contributed by atoms with Crippen molar-refractivity contribution in [2.24, 2.45) is 0 Å². The number of nitrogens with one attached hydrogen (secondary N) is 2. The van der Waals surface area contributed by atoms with Gasteiger partial charge in [-0.05, 0) is 47.1 Å². The van der Waals surface area contributed by atoms with Crippen molar-refractivity contribution in [3.05, 3.63) is 32.2 Å². The summed E-state index contributed by atoms with van der Waals surface area (Å²) in [5.74, 6) is 3.38. The van der Waals surface area contributed by atoms with E-state index in [1.807, 2.05) is 14.0 Å². The first-order valence-electron chi connectivity index (χ1n) is 6.71. The summed E-state index contributed by atoms with van der Waals surface area (Å²) >= 11 is 5.30. The van der Waals surface area contributed by atoms with Gasteiger partial charge in [-0.2, -0.15) is 0 Å². The third-order valence-corrected chi connectivity index (χ3v) is 5.38. The van der Waals surface area contributed by atoms with E-state index in [1.54, 1.807) is 11.3 Å². The smallest absolute Gasteiger partial charge is 0.136 e. The lowest BCUT2D eigenvalue weighted by Crippen LogP contribution is -2.09. The second-order valence-corrected chi connectivity index (χ2v) is 6.83. The van der Waals surface area contributed by atoms with Crippen molar-refractivity contribution in [2.45, 2.75) is 32.2 Å². The third-order valence-electron chi connectivity index (χ3n) is 3.45. The van der Waals surface area contributed by atoms with Crippen LogP contribution in [0.3, 0.4) is 0 Å². The summed E-state index contributed by atoms with van der Waals surface area (Å²) in [7, 11) is 1.91. The van der Waals surface area contributed by atoms with Crippen LogP contribution in [0.25, 0.3) is 0 Å². The van der Waals surface area contributed by atoms with Gasteiger partial charge in [0, 0.05) is 27.9 Å². The minimum Gasteiger partial charge on any atom is -0.373 e. The number of hydrogen-bond donors (Lipinski definition) is 2. The molecule has 1 aliphatic rings. The molecule has 2 N–H and O–H groups in total. The molecule has 4 nitrogen and oxygen atoms in total. The summed E-state index contributed by atoms with van der Waals surface area (Å²) in [5.41, 5.74) is 1.07. The molecular weight excluding hydrogens is 336 g/mol. The normalized spacial score (nSPS) is 14.3. The molecule has 3 rings (SSSR count). The van der Waals surface area contributed by atoms with Crippen LogP contribution in [-0.2, 0) is 6.54 Å². The van der Waals surface area contributed by atoms with E-state index in [1.165, 1.54) is 17.7 Å². The fourth-order valence-electron chi connectivity index (χ4n) is 2.09. The first-order chi connectivity index (χ1) is 9.69. The van der Waals surface area contributed by atoms with Gasteiger partial charge in [0.15, 0.2) is 0 Å². The summed E-state index contributed by atoms with van der Waals surface area (Å²) in [6.45, 7) is 2.83. The number of hydrogen-bond acceptors (Lipinski definition) is 5. The van der Waals surface area contributed by atoms with E-state index in [0.717, 1.165) is 34.0 Å². The Hall–Kier alpha value is -1.14. The standard InChI is InChI=1S/C14H17BrN4S/c1-8-12(16-2)18-14(9-3-4-9)19-13(8)17-7-11-10(15)5-6-20-11/h5-6,9H,3-4,7H2,1-2H3,(H2,16,17,18,19). The van der Waals surface area contributed by atoms with Crippen molar-refractivity contribution in [3.8, 4) is 0 Å². The topological polar surface area (TPSA) is 49.8 Å². The van der Waals surface area contributed by atoms with E-state index < -0.39 is 0 Å². The van der Waals surface area contributed by atoms with Gasteiger partial charge in [-0.1, -0.05) is 0 Å². The molecule has 0 radical (unpaired) electrons. The van der Waals surface area contributed by atoms with E-state index in [2.05, 4.69) is 43.0 Å². The maximum absolute atomic E-state index is 4.70. The molecule has 1 aliphatic carbocycles. The highest BCUT2D eigenvalue weighted by Crippen LogP contribution is 2.39. The van der Waals surface area contributed by atoms with Crippen molar-refractivity contribution in [1.29, 1.82) is 0 Å². The van der Waals surface area contributed by atoms with Crippen LogP contribution in [0.15, 0.2) is 15.9 Å². The summed E-state index contributed by atoms with van der Waals surface area (Å²) in [6, 6.07) is 2.07. The number of rotatable bonds is 5. The number of nitrogens with zero attached hydrogens (tertiary/aromatic N) is 2. The Morgan fingerprint density at radius 2 is 2.10 bits per heavy atom. The lowest BCUT2D eigenvalue weighted by Gasteiger charge is -2.13. The Balaban J connectivity index is 1.84. The first kappa shape index (κ1) is 13.8. The molecule has 6 heteroatoms. The van der Waals surface area contributed by atoms with Crippen LogP contribution in [-0.4, -0.2) is 17.0 Å². The van der Waals surface area contributed by atoms with Crippen molar-refractivity contribution in [2.75, 3.05) is 17.7 Å². The van der Waals surface area contributed by atoms with Crippen LogP contribution in [0.4, 0.5) is 11.6 Å². The predicted octanol–water partition coefficient (Wildman–Crippen LogP) is 4.14. The molecule has 0 amide bonds. The van der Waals surface area contributed by atoms with Gasteiger partial charge in [0.2, 0.25) is 0 Å². The summed E-state index contributed by atoms with van der Waals surface area (Å²) in [5, 5.41) is 8.69. The van der Waals surface area contributed by atoms with E-state index in [-0.39, 0.29) is 0 Å². The van der Waals surface area contributed by atoms with Gasteiger partial charge in [0.25, 0.3) is 0 Å². The van der Waals surface area contributed by atoms with Gasteiger partial charge in [-0.25, -0.2) is 9.97 Å². The molecule has 0 spiro atoms. The van der Waals surface area contributed by atoms with Crippen LogP contribution >= 0.6 is 27.3 Å². The molecule has 2 heterocycles. The number of anilines is 2. The SMILES string of the molecule is CNc1nc(C2CC2)nc(NCc2sccc2Br)c1C. The van der Waals surface area contributed by atoms with Gasteiger partial charge in [-0.3, -0.25) is 0 Å². The molecule has 0 aliphatic heterocycles. The highest BCUT2D eigenvalue weighted by atomic mass is 79.9. The molecule has 2 aromatic heterocycles. The monoisotopic (exact) mass is 352 g/mol. The summed E-state index contributed by atoms with van der Waals surface area (Å²) in [6.07, 6.45) is 2.42. The van der Waals surface area contributed by atoms with E-state index in [0.29, 0.717) is 5.92 Å². The average molecular weight is 353 g/mol. The average Bonchev–Trinajstić information content (AvgIpc) is 3.21. The first-order valence-corrected chi connectivity index (χ1v) is 8.38. The number of halogens is 1. The Kier molecular flexibility index (Phi) is 3.94. The van der Waals surface area contributed by atoms with E-state index >= 15 is 0 Å². The Morgan fingerprint density at radius 3 is 2.70 bits per heavy atom. The van der Waals surface area contributed by atoms with E-state index in [4.69, 9.17) is 4.98 Å². The second kappa shape index (κ2) is 5.69. The lowest BCUT2D eigenvalue weighted by molar-refractivity contribution is 0.914. The van der Waals surface area contributed by atoms with Gasteiger partial charge in [0.05, 0.1) is 6.54 Å². The Labute approximate surface area is 131 Å². The fraction of sp³-hybridized carbons (Fsp3) is 0.429. The predicted molar refractivity (Wildman–Crippen MR) is 87.6 cm³/mol. The molecular formula is C14H17BrN4S. The fourth-order valence-corrected chi connectivity index (χ4v) is 3.52. The Bertz CT molecular complexity index is 622. The van der Waals surface area contributed by atoms with Crippen LogP contribution < -0.4 is 10.6 Å². The number of thiophene rings is 1. The third kappa shape index (κ3) is 2.81. The molecule has 0 atom stereocenters. The van der Waals surface area contributed by atoms with Crippen molar-refractivity contribution >= 4 is 38.9 Å². The molecule has 2 aromatic rings. The zero-order valence-corrected chi connectivity index (χ0v) is 13.9. The maximum atomic E-state index is 4.70. The van der Waals surface area contributed by atoms with E-state index in [9.17, 15) is 0 Å². The van der Waals surface area contributed by atoms with Gasteiger partial charge < -0.3 is 10.6 Å². The molecule has 106 valence electrons. The molecule has 0 bridgehead atoms. The minimum atomic E-state index is 0.553. The zero-order chi connectivity index (χ0) is 14.1. The van der Waals surface area contributed by atoms with Crippen molar-refractivity contribution in [1.82, 2.24) is 9.97 Å². The largest absolute Gasteiger partial charge is 0.373 e. The van der Waals surface area contributed by atoms with Crippen LogP contribution in [0.1, 0.15) is 35.0 Å². The molecule has 0 saturated heterocycles. The molecule has 1 fully saturated rings. The highest BCUT2D eigenvalue weighted by Gasteiger charge is 2.28. The zero-order valence-electron chi connectivity index (χ0n) is 11.5. The van der Waals surface area contributed by atoms with Gasteiger partial charge >= 0.3 is 0 Å². The van der Waals surface area contributed by atoms with Gasteiger partial charge in [-0.15, -0.1) is 11.3 Å². The second-order valence-electron chi connectivity index (χ2n) is 4.97. The van der Waals surface area contributed by atoms with Crippen LogP contribution in [0, 0.1) is 6.92 Å². The minimum absolute atomic E-state index is 0.553. The molecule has 0 aromatic carbocycles. The van der Waals surface area contributed by atoms with Gasteiger partial charge in [0.1, 0.15) is 17.5 Å². The number of aromatic nitrogens is 2. The summed E-state index contributed by atoms with van der Waals surface area (Å²) in [4.78, 5) is 10.6. The van der Waals surface area contributed by atoms with Crippen molar-refractivity contribution < 1.29 is 0 Å². The molecule has 20 heavy (non-hydrogen) atoms. The Morgan fingerprint density at radius 1 is 1.35 bits per heavy atom. The summed E-state index contributed by atoms with van der Waals surface area (Å²) < 4.78 is 1.15. The van der Waals surface area contributed by atoms with Crippen molar-refractivity contribution in [3.63, 3.8) is 0 Å². The quantitative estimate of drug-likeness (QED) is 0.848. The molecule has 1 saturated carbocycles. The van der Waals surface area contributed by atoms with Crippen LogP contribution in [0.5, 0.6) is 0 Å². The van der Waals surface area contributed by atoms with Crippen LogP contribution in [0.2, 0.25) is 0 Å². The molecule has 0 unspecified atom stereocenters. The lowest BCUT2D eigenvalue weighted by atomic mass is 10.2. The highest BCUT2D eigenvalue weighted by molar-refractivity contribution is 9.10.